The molecule has 0 fully saturated rings. The summed E-state index contributed by atoms with van der Waals surface area (Å²) in [6.45, 7) is 1.70. The van der Waals surface area contributed by atoms with Crippen molar-refractivity contribution in [3.63, 3.8) is 0 Å². The molecule has 0 unspecified atom stereocenters. The van der Waals surface area contributed by atoms with E-state index in [0.29, 0.717) is 15.9 Å². The molecule has 1 aromatic heterocycles. The molecule has 0 aliphatic carbocycles. The van der Waals surface area contributed by atoms with E-state index in [1.807, 2.05) is 0 Å². The van der Waals surface area contributed by atoms with Crippen LogP contribution in [0.5, 0.6) is 0 Å². The molecule has 0 amide bonds. The van der Waals surface area contributed by atoms with E-state index >= 15 is 0 Å². The standard InChI is InChI=1S/C10H6BrF2NO/c1-5-9(11)10(14-15-5)7-3-2-6(12)4-8(7)13/h2-4H,1H3. The second-order valence-corrected chi connectivity index (χ2v) is 3.82. The molecule has 2 nitrogen and oxygen atoms in total. The summed E-state index contributed by atoms with van der Waals surface area (Å²) in [5, 5.41) is 3.69. The first-order chi connectivity index (χ1) is 7.09. The van der Waals surface area contributed by atoms with E-state index in [2.05, 4.69) is 21.1 Å². The Morgan fingerprint density at radius 2 is 2.07 bits per heavy atom. The monoisotopic (exact) mass is 273 g/mol. The Hall–Kier alpha value is -1.23. The van der Waals surface area contributed by atoms with Gasteiger partial charge in [-0.05, 0) is 35.0 Å². The molecule has 0 aliphatic rings. The lowest BCUT2D eigenvalue weighted by atomic mass is 10.1. The SMILES string of the molecule is Cc1onc(-c2ccc(F)cc2F)c1Br. The van der Waals surface area contributed by atoms with Gasteiger partial charge in [-0.25, -0.2) is 8.78 Å². The van der Waals surface area contributed by atoms with Crippen LogP contribution in [0.15, 0.2) is 27.2 Å². The van der Waals surface area contributed by atoms with Crippen molar-refractivity contribution in [2.75, 3.05) is 0 Å². The zero-order valence-corrected chi connectivity index (χ0v) is 9.31. The zero-order chi connectivity index (χ0) is 11.0. The Morgan fingerprint density at radius 3 is 2.60 bits per heavy atom. The first-order valence-corrected chi connectivity index (χ1v) is 4.96. The molecule has 0 aliphatic heterocycles. The highest BCUT2D eigenvalue weighted by Gasteiger charge is 2.15. The molecule has 1 heterocycles. The average Bonchev–Trinajstić information content (AvgIpc) is 2.49. The predicted molar refractivity (Wildman–Crippen MR) is 54.3 cm³/mol. The van der Waals surface area contributed by atoms with Crippen molar-refractivity contribution in [3.05, 3.63) is 40.1 Å². The molecule has 0 atom stereocenters. The van der Waals surface area contributed by atoms with Crippen molar-refractivity contribution in [3.8, 4) is 11.3 Å². The summed E-state index contributed by atoms with van der Waals surface area (Å²) in [7, 11) is 0. The maximum absolute atomic E-state index is 13.4. The summed E-state index contributed by atoms with van der Waals surface area (Å²) in [4.78, 5) is 0. The van der Waals surface area contributed by atoms with Crippen LogP contribution in [0.3, 0.4) is 0 Å². The molecule has 78 valence electrons. The number of aryl methyl sites for hydroxylation is 1. The summed E-state index contributed by atoms with van der Waals surface area (Å²) >= 11 is 3.22. The van der Waals surface area contributed by atoms with Crippen LogP contribution in [0.25, 0.3) is 11.3 Å². The Morgan fingerprint density at radius 1 is 1.33 bits per heavy atom. The first kappa shape index (κ1) is 10.3. The molecule has 0 radical (unpaired) electrons. The molecule has 2 rings (SSSR count). The minimum atomic E-state index is -0.663. The molecule has 0 saturated carbocycles. The highest BCUT2D eigenvalue weighted by molar-refractivity contribution is 9.10. The minimum Gasteiger partial charge on any atom is -0.360 e. The van der Waals surface area contributed by atoms with Gasteiger partial charge in [-0.15, -0.1) is 0 Å². The highest BCUT2D eigenvalue weighted by Crippen LogP contribution is 2.31. The normalized spacial score (nSPS) is 10.7. The number of aromatic nitrogens is 1. The smallest absolute Gasteiger partial charge is 0.148 e. The Kier molecular flexibility index (Phi) is 2.56. The largest absolute Gasteiger partial charge is 0.360 e. The van der Waals surface area contributed by atoms with Crippen LogP contribution < -0.4 is 0 Å². The molecule has 0 spiro atoms. The van der Waals surface area contributed by atoms with Crippen molar-refractivity contribution >= 4 is 15.9 Å². The van der Waals surface area contributed by atoms with E-state index < -0.39 is 11.6 Å². The average molecular weight is 274 g/mol. The Bertz CT molecular complexity index is 510. The predicted octanol–water partition coefficient (Wildman–Crippen LogP) is 3.69. The van der Waals surface area contributed by atoms with Gasteiger partial charge in [0.05, 0.1) is 4.47 Å². The van der Waals surface area contributed by atoms with E-state index in [9.17, 15) is 8.78 Å². The third-order valence-corrected chi connectivity index (χ3v) is 2.91. The van der Waals surface area contributed by atoms with Crippen LogP contribution in [0.1, 0.15) is 5.76 Å². The minimum absolute atomic E-state index is 0.208. The molecular formula is C10H6BrF2NO. The Labute approximate surface area is 93.0 Å². The number of halogens is 3. The number of nitrogens with zero attached hydrogens (tertiary/aromatic N) is 1. The third-order valence-electron chi connectivity index (χ3n) is 1.98. The topological polar surface area (TPSA) is 26.0 Å². The van der Waals surface area contributed by atoms with E-state index in [0.717, 1.165) is 6.07 Å². The lowest BCUT2D eigenvalue weighted by Gasteiger charge is -1.98. The van der Waals surface area contributed by atoms with E-state index in [-0.39, 0.29) is 5.56 Å². The van der Waals surface area contributed by atoms with Gasteiger partial charge in [0, 0.05) is 11.6 Å². The van der Waals surface area contributed by atoms with E-state index in [1.54, 1.807) is 6.92 Å². The number of hydrogen-bond acceptors (Lipinski definition) is 2. The van der Waals surface area contributed by atoms with Gasteiger partial charge < -0.3 is 4.52 Å². The molecule has 2 aromatic rings. The van der Waals surface area contributed by atoms with Crippen molar-refractivity contribution in [2.24, 2.45) is 0 Å². The fourth-order valence-electron chi connectivity index (χ4n) is 1.21. The summed E-state index contributed by atoms with van der Waals surface area (Å²) in [6.07, 6.45) is 0. The summed E-state index contributed by atoms with van der Waals surface area (Å²) in [6, 6.07) is 3.31. The molecule has 1 aromatic carbocycles. The maximum atomic E-state index is 13.4. The van der Waals surface area contributed by atoms with E-state index in [4.69, 9.17) is 4.52 Å². The number of hydrogen-bond donors (Lipinski definition) is 0. The maximum Gasteiger partial charge on any atom is 0.148 e. The van der Waals surface area contributed by atoms with Crippen molar-refractivity contribution in [1.29, 1.82) is 0 Å². The first-order valence-electron chi connectivity index (χ1n) is 4.17. The van der Waals surface area contributed by atoms with Gasteiger partial charge in [0.15, 0.2) is 0 Å². The second kappa shape index (κ2) is 3.73. The van der Waals surface area contributed by atoms with Crippen LogP contribution in [-0.4, -0.2) is 5.16 Å². The Balaban J connectivity index is 2.59. The lowest BCUT2D eigenvalue weighted by Crippen LogP contribution is -1.86. The van der Waals surface area contributed by atoms with Crippen LogP contribution >= 0.6 is 15.9 Å². The van der Waals surface area contributed by atoms with Crippen molar-refractivity contribution < 1.29 is 13.3 Å². The molecule has 15 heavy (non-hydrogen) atoms. The van der Waals surface area contributed by atoms with E-state index in [1.165, 1.54) is 12.1 Å². The molecule has 0 saturated heterocycles. The summed E-state index contributed by atoms with van der Waals surface area (Å²) in [5.74, 6) is -0.731. The lowest BCUT2D eigenvalue weighted by molar-refractivity contribution is 0.398. The van der Waals surface area contributed by atoms with Crippen LogP contribution in [0.2, 0.25) is 0 Å². The van der Waals surface area contributed by atoms with Gasteiger partial charge in [-0.2, -0.15) is 0 Å². The van der Waals surface area contributed by atoms with Crippen LogP contribution in [0, 0.1) is 18.6 Å². The zero-order valence-electron chi connectivity index (χ0n) is 7.72. The van der Waals surface area contributed by atoms with Crippen molar-refractivity contribution in [1.82, 2.24) is 5.16 Å². The molecule has 5 heteroatoms. The second-order valence-electron chi connectivity index (χ2n) is 3.03. The van der Waals surface area contributed by atoms with Gasteiger partial charge in [0.25, 0.3) is 0 Å². The number of benzene rings is 1. The number of rotatable bonds is 1. The van der Waals surface area contributed by atoms with Gasteiger partial charge >= 0.3 is 0 Å². The van der Waals surface area contributed by atoms with Crippen LogP contribution in [0.4, 0.5) is 8.78 Å². The fourth-order valence-corrected chi connectivity index (χ4v) is 1.57. The fraction of sp³-hybridized carbons (Fsp3) is 0.100. The molecule has 0 bridgehead atoms. The van der Waals surface area contributed by atoms with Crippen molar-refractivity contribution in [2.45, 2.75) is 6.92 Å². The summed E-state index contributed by atoms with van der Waals surface area (Å²) < 4.78 is 31.5. The highest BCUT2D eigenvalue weighted by atomic mass is 79.9. The van der Waals surface area contributed by atoms with Crippen LogP contribution in [-0.2, 0) is 0 Å². The van der Waals surface area contributed by atoms with Gasteiger partial charge in [0.2, 0.25) is 0 Å². The van der Waals surface area contributed by atoms with Gasteiger partial charge in [-0.1, -0.05) is 5.16 Å². The molecule has 0 N–H and O–H groups in total. The summed E-state index contributed by atoms with van der Waals surface area (Å²) in [5.41, 5.74) is 0.546. The van der Waals surface area contributed by atoms with Gasteiger partial charge in [0.1, 0.15) is 23.1 Å². The molecular weight excluding hydrogens is 268 g/mol. The quantitative estimate of drug-likeness (QED) is 0.792. The van der Waals surface area contributed by atoms with Gasteiger partial charge in [-0.3, -0.25) is 0 Å². The third kappa shape index (κ3) is 1.79.